The Hall–Kier alpha value is -2.88. The maximum atomic E-state index is 14.7. The molecule has 0 spiro atoms. The molecule has 2 nitrogen and oxygen atoms in total. The van der Waals surface area contributed by atoms with Crippen LogP contribution in [0.1, 0.15) is 31.2 Å². The summed E-state index contributed by atoms with van der Waals surface area (Å²) in [5.41, 5.74) is 2.64. The number of likely N-dealkylation sites (tertiary alicyclic amines) is 1. The zero-order chi connectivity index (χ0) is 28.0. The molecule has 0 radical (unpaired) electrons. The molecular formula is C28H27F7N2S. The molecular weight excluding hydrogens is 529 g/mol. The molecule has 2 aromatic rings. The Morgan fingerprint density at radius 2 is 1.63 bits per heavy atom. The summed E-state index contributed by atoms with van der Waals surface area (Å²) in [6.07, 6.45) is -7.07. The first kappa shape index (κ1) is 28.1. The largest absolute Gasteiger partial charge is 0.404 e. The highest BCUT2D eigenvalue weighted by Gasteiger charge is 2.57. The van der Waals surface area contributed by atoms with Gasteiger partial charge in [0.15, 0.2) is 5.92 Å². The summed E-state index contributed by atoms with van der Waals surface area (Å²) in [6.45, 7) is 11.0. The van der Waals surface area contributed by atoms with Crippen LogP contribution in [0.5, 0.6) is 0 Å². The first-order valence-corrected chi connectivity index (χ1v) is 12.5. The van der Waals surface area contributed by atoms with Crippen LogP contribution in [0.4, 0.5) is 36.4 Å². The van der Waals surface area contributed by atoms with Crippen molar-refractivity contribution < 1.29 is 30.7 Å². The van der Waals surface area contributed by atoms with Crippen LogP contribution in [-0.2, 0) is 0 Å². The average Bonchev–Trinajstić information content (AvgIpc) is 3.17. The fourth-order valence-corrected chi connectivity index (χ4v) is 5.68. The van der Waals surface area contributed by atoms with E-state index >= 15 is 0 Å². The van der Waals surface area contributed by atoms with Crippen molar-refractivity contribution in [3.63, 3.8) is 0 Å². The van der Waals surface area contributed by atoms with E-state index in [4.69, 9.17) is 0 Å². The van der Waals surface area contributed by atoms with E-state index in [9.17, 15) is 30.7 Å². The second kappa shape index (κ2) is 10.4. The average molecular weight is 557 g/mol. The van der Waals surface area contributed by atoms with Crippen LogP contribution in [0, 0.1) is 11.7 Å². The fourth-order valence-electron chi connectivity index (χ4n) is 5.34. The van der Waals surface area contributed by atoms with Gasteiger partial charge in [0.1, 0.15) is 5.82 Å². The Morgan fingerprint density at radius 3 is 2.18 bits per heavy atom. The minimum atomic E-state index is -5.59. The van der Waals surface area contributed by atoms with Gasteiger partial charge in [-0.2, -0.15) is 39.0 Å². The maximum Gasteiger partial charge on any atom is 0.404 e. The standard InChI is InChI=1S/C28H27F7N2S/c1-15(2)37-14-19-12-21(38)9-11-23(19)25(37)16(3)36-20-7-4-17(5-8-20)22-10-6-18(13-24(22)29)26(27(30,31)32)28(33,34)35/h4-8,10,12-13,21,23,25-26,36,38H,1,3,9,11,14H2,2H3. The van der Waals surface area contributed by atoms with Gasteiger partial charge in [0.25, 0.3) is 0 Å². The lowest BCUT2D eigenvalue weighted by atomic mass is 9.84. The van der Waals surface area contributed by atoms with Crippen molar-refractivity contribution in [1.29, 1.82) is 0 Å². The van der Waals surface area contributed by atoms with Crippen molar-refractivity contribution in [2.24, 2.45) is 5.92 Å². The summed E-state index contributed by atoms with van der Waals surface area (Å²) >= 11 is 4.59. The summed E-state index contributed by atoms with van der Waals surface area (Å²) < 4.78 is 92.8. The minimum absolute atomic E-state index is 0.0144. The van der Waals surface area contributed by atoms with Gasteiger partial charge in [-0.1, -0.05) is 43.5 Å². The smallest absolute Gasteiger partial charge is 0.362 e. The van der Waals surface area contributed by atoms with Gasteiger partial charge in [-0.05, 0) is 54.7 Å². The highest BCUT2D eigenvalue weighted by molar-refractivity contribution is 7.81. The zero-order valence-corrected chi connectivity index (χ0v) is 21.4. The quantitative estimate of drug-likeness (QED) is 0.211. The minimum Gasteiger partial charge on any atom is -0.362 e. The topological polar surface area (TPSA) is 15.3 Å². The van der Waals surface area contributed by atoms with Crippen LogP contribution in [0.25, 0.3) is 11.1 Å². The molecule has 4 rings (SSSR count). The van der Waals surface area contributed by atoms with E-state index in [1.165, 1.54) is 5.57 Å². The summed E-state index contributed by atoms with van der Waals surface area (Å²) in [7, 11) is 0. The third-order valence-electron chi connectivity index (χ3n) is 7.06. The fraction of sp³-hybridized carbons (Fsp3) is 0.357. The van der Waals surface area contributed by atoms with E-state index in [1.807, 2.05) is 6.92 Å². The van der Waals surface area contributed by atoms with Gasteiger partial charge >= 0.3 is 12.4 Å². The Labute approximate surface area is 222 Å². The van der Waals surface area contributed by atoms with E-state index in [1.54, 1.807) is 24.3 Å². The molecule has 1 fully saturated rings. The number of nitrogens with zero attached hydrogens (tertiary/aromatic N) is 1. The van der Waals surface area contributed by atoms with Crippen LogP contribution in [0.15, 0.2) is 78.7 Å². The third-order valence-corrected chi connectivity index (χ3v) is 7.46. The predicted octanol–water partition coefficient (Wildman–Crippen LogP) is 8.48. The molecule has 1 aliphatic carbocycles. The van der Waals surface area contributed by atoms with Crippen molar-refractivity contribution in [2.75, 3.05) is 11.9 Å². The number of halogens is 7. The molecule has 38 heavy (non-hydrogen) atoms. The van der Waals surface area contributed by atoms with Crippen LogP contribution in [-0.4, -0.2) is 35.1 Å². The second-order valence-corrected chi connectivity index (χ2v) is 10.4. The number of benzene rings is 2. The molecule has 2 aliphatic rings. The number of hydrogen-bond acceptors (Lipinski definition) is 3. The Kier molecular flexibility index (Phi) is 7.67. The maximum absolute atomic E-state index is 14.7. The number of nitrogens with one attached hydrogen (secondary N) is 1. The Morgan fingerprint density at radius 1 is 1.00 bits per heavy atom. The molecule has 2 aromatic carbocycles. The molecule has 10 heteroatoms. The van der Waals surface area contributed by atoms with Gasteiger partial charge in [0.2, 0.25) is 0 Å². The number of fused-ring (bicyclic) bond motifs is 1. The number of hydrogen-bond donors (Lipinski definition) is 2. The number of thiol groups is 1. The lowest BCUT2D eigenvalue weighted by molar-refractivity contribution is -0.253. The van der Waals surface area contributed by atoms with E-state index < -0.39 is 29.7 Å². The van der Waals surface area contributed by atoms with Crippen LogP contribution >= 0.6 is 12.6 Å². The van der Waals surface area contributed by atoms with E-state index in [0.29, 0.717) is 23.4 Å². The summed E-state index contributed by atoms with van der Waals surface area (Å²) in [5.74, 6) is -4.66. The van der Waals surface area contributed by atoms with Gasteiger partial charge in [0.05, 0.1) is 6.04 Å². The summed E-state index contributed by atoms with van der Waals surface area (Å²) in [5, 5.41) is 3.52. The van der Waals surface area contributed by atoms with Gasteiger partial charge in [-0.25, -0.2) is 4.39 Å². The van der Waals surface area contributed by atoms with E-state index in [-0.39, 0.29) is 22.8 Å². The summed E-state index contributed by atoms with van der Waals surface area (Å²) in [4.78, 5) is 2.19. The molecule has 3 unspecified atom stereocenters. The third kappa shape index (κ3) is 5.75. The molecule has 1 heterocycles. The highest BCUT2D eigenvalue weighted by atomic mass is 32.1. The van der Waals surface area contributed by atoms with Crippen molar-refractivity contribution in [2.45, 2.75) is 49.3 Å². The van der Waals surface area contributed by atoms with Gasteiger partial charge < -0.3 is 10.2 Å². The first-order chi connectivity index (χ1) is 17.7. The highest BCUT2D eigenvalue weighted by Crippen LogP contribution is 2.47. The molecule has 1 aliphatic heterocycles. The van der Waals surface area contributed by atoms with Crippen molar-refractivity contribution in [3.8, 4) is 11.1 Å². The zero-order valence-electron chi connectivity index (χ0n) is 20.5. The van der Waals surface area contributed by atoms with Crippen molar-refractivity contribution >= 4 is 18.3 Å². The molecule has 0 amide bonds. The number of anilines is 1. The molecule has 1 saturated heterocycles. The Bertz CT molecular complexity index is 1230. The van der Waals surface area contributed by atoms with Crippen LogP contribution < -0.4 is 5.32 Å². The van der Waals surface area contributed by atoms with Crippen molar-refractivity contribution in [3.05, 3.63) is 90.0 Å². The second-order valence-electron chi connectivity index (χ2n) is 9.78. The molecule has 0 saturated carbocycles. The lowest BCUT2D eigenvalue weighted by Gasteiger charge is -2.32. The van der Waals surface area contributed by atoms with E-state index in [0.717, 1.165) is 36.8 Å². The van der Waals surface area contributed by atoms with Gasteiger partial charge in [0, 0.05) is 40.4 Å². The number of rotatable bonds is 6. The Balaban J connectivity index is 1.53. The number of allylic oxidation sites excluding steroid dienone is 1. The molecule has 204 valence electrons. The molecule has 1 N–H and O–H groups in total. The van der Waals surface area contributed by atoms with Crippen molar-refractivity contribution in [1.82, 2.24) is 4.90 Å². The molecule has 0 bridgehead atoms. The van der Waals surface area contributed by atoms with Crippen LogP contribution in [0.3, 0.4) is 0 Å². The lowest BCUT2D eigenvalue weighted by Crippen LogP contribution is -2.35. The monoisotopic (exact) mass is 556 g/mol. The number of alkyl halides is 6. The predicted molar refractivity (Wildman–Crippen MR) is 138 cm³/mol. The first-order valence-electron chi connectivity index (χ1n) is 12.0. The van der Waals surface area contributed by atoms with Crippen LogP contribution in [0.2, 0.25) is 0 Å². The van der Waals surface area contributed by atoms with E-state index in [2.05, 4.69) is 42.1 Å². The van der Waals surface area contributed by atoms with Gasteiger partial charge in [-0.15, -0.1) is 0 Å². The summed E-state index contributed by atoms with van der Waals surface area (Å²) in [6, 6.07) is 8.28. The SMILES string of the molecule is C=C(Nc1ccc(-c2ccc(C(C(F)(F)F)C(F)(F)F)cc2F)cc1)C1C2CCC(S)C=C2CN1C(=C)C. The van der Waals surface area contributed by atoms with Gasteiger partial charge in [-0.3, -0.25) is 0 Å². The molecule has 0 aromatic heterocycles. The molecule has 3 atom stereocenters. The normalized spacial score (nSPS) is 21.8.